The van der Waals surface area contributed by atoms with E-state index in [1.54, 1.807) is 6.20 Å². The van der Waals surface area contributed by atoms with Gasteiger partial charge in [0.15, 0.2) is 0 Å². The third-order valence-electron chi connectivity index (χ3n) is 5.47. The van der Waals surface area contributed by atoms with Gasteiger partial charge in [-0.05, 0) is 36.5 Å². The van der Waals surface area contributed by atoms with E-state index in [1.165, 1.54) is 11.8 Å². The third-order valence-corrected chi connectivity index (χ3v) is 6.12. The highest BCUT2D eigenvalue weighted by Crippen LogP contribution is 2.19. The fourth-order valence-corrected chi connectivity index (χ4v) is 4.05. The molecule has 13 heteroatoms. The monoisotopic (exact) mass is 520 g/mol. The summed E-state index contributed by atoms with van der Waals surface area (Å²) in [4.78, 5) is 63.9. The molecular formula is C23H32N6O6S. The standard InChI is InChI=1S/C23H32N6O6S/c1-36-9-8-17(28-21(32)16(6-7-19(25)30)27-20(31)11-24)22(33)29-18(23(34)35)10-13-12-26-15-5-3-2-4-14(13)15/h2-5,12,16-18,26H,6-11,24H2,1H3,(H2,25,30)(H,27,31)(H,28,32)(H,29,33)(H,34,35). The molecule has 0 fully saturated rings. The lowest BCUT2D eigenvalue weighted by molar-refractivity contribution is -0.142. The first-order valence-corrected chi connectivity index (χ1v) is 12.7. The number of aromatic amines is 1. The van der Waals surface area contributed by atoms with Crippen LogP contribution in [0.5, 0.6) is 0 Å². The second-order valence-electron chi connectivity index (χ2n) is 8.13. The molecule has 0 spiro atoms. The lowest BCUT2D eigenvalue weighted by Gasteiger charge is -2.24. The lowest BCUT2D eigenvalue weighted by Crippen LogP contribution is -2.56. The van der Waals surface area contributed by atoms with Crippen LogP contribution in [0.1, 0.15) is 24.8 Å². The largest absolute Gasteiger partial charge is 0.480 e. The molecule has 3 unspecified atom stereocenters. The van der Waals surface area contributed by atoms with E-state index in [1.807, 2.05) is 30.5 Å². The van der Waals surface area contributed by atoms with Crippen LogP contribution in [-0.2, 0) is 30.4 Å². The van der Waals surface area contributed by atoms with E-state index < -0.39 is 47.7 Å². The predicted octanol–water partition coefficient (Wildman–Crippen LogP) is -0.773. The molecule has 3 atom stereocenters. The summed E-state index contributed by atoms with van der Waals surface area (Å²) in [5.74, 6) is -3.38. The van der Waals surface area contributed by atoms with Gasteiger partial charge in [0, 0.05) is 29.9 Å². The molecule has 1 aromatic carbocycles. The Morgan fingerprint density at radius 1 is 1.00 bits per heavy atom. The number of H-pyrrole nitrogens is 1. The molecule has 2 rings (SSSR count). The molecule has 0 radical (unpaired) electrons. The van der Waals surface area contributed by atoms with E-state index in [4.69, 9.17) is 11.5 Å². The summed E-state index contributed by atoms with van der Waals surface area (Å²) in [6.45, 7) is -0.370. The van der Waals surface area contributed by atoms with Crippen LogP contribution in [-0.4, -0.2) is 76.4 Å². The minimum Gasteiger partial charge on any atom is -0.480 e. The Balaban J connectivity index is 2.15. The van der Waals surface area contributed by atoms with Gasteiger partial charge in [-0.3, -0.25) is 19.2 Å². The molecule has 1 heterocycles. The normalized spacial score (nSPS) is 13.4. The fraction of sp³-hybridized carbons (Fsp3) is 0.435. The van der Waals surface area contributed by atoms with Gasteiger partial charge in [0.25, 0.3) is 0 Å². The van der Waals surface area contributed by atoms with Crippen LogP contribution in [0.4, 0.5) is 0 Å². The number of aromatic nitrogens is 1. The zero-order chi connectivity index (χ0) is 26.7. The quantitative estimate of drug-likeness (QED) is 0.158. The molecule has 2 aromatic rings. The van der Waals surface area contributed by atoms with Crippen molar-refractivity contribution in [3.63, 3.8) is 0 Å². The van der Waals surface area contributed by atoms with Gasteiger partial charge >= 0.3 is 5.97 Å². The van der Waals surface area contributed by atoms with Crippen LogP contribution < -0.4 is 27.4 Å². The van der Waals surface area contributed by atoms with Crippen LogP contribution >= 0.6 is 11.8 Å². The molecule has 0 bridgehead atoms. The highest BCUT2D eigenvalue weighted by molar-refractivity contribution is 7.98. The van der Waals surface area contributed by atoms with Crippen molar-refractivity contribution >= 4 is 52.3 Å². The molecule has 0 saturated carbocycles. The maximum absolute atomic E-state index is 13.1. The van der Waals surface area contributed by atoms with Gasteiger partial charge in [0.1, 0.15) is 18.1 Å². The second-order valence-corrected chi connectivity index (χ2v) is 9.12. The Kier molecular flexibility index (Phi) is 11.2. The van der Waals surface area contributed by atoms with E-state index in [-0.39, 0.29) is 32.2 Å². The van der Waals surface area contributed by atoms with Crippen molar-refractivity contribution in [2.45, 2.75) is 43.8 Å². The van der Waals surface area contributed by atoms with E-state index in [9.17, 15) is 29.1 Å². The number of primary amides is 1. The van der Waals surface area contributed by atoms with Crippen molar-refractivity contribution in [3.8, 4) is 0 Å². The van der Waals surface area contributed by atoms with Crippen LogP contribution in [0.3, 0.4) is 0 Å². The predicted molar refractivity (Wildman–Crippen MR) is 136 cm³/mol. The summed E-state index contributed by atoms with van der Waals surface area (Å²) in [7, 11) is 0. The lowest BCUT2D eigenvalue weighted by atomic mass is 10.0. The molecular weight excluding hydrogens is 488 g/mol. The molecule has 12 nitrogen and oxygen atoms in total. The van der Waals surface area contributed by atoms with Crippen LogP contribution in [0, 0.1) is 0 Å². The van der Waals surface area contributed by atoms with Gasteiger partial charge in [0.2, 0.25) is 23.6 Å². The molecule has 9 N–H and O–H groups in total. The number of thioether (sulfide) groups is 1. The Labute approximate surface area is 212 Å². The van der Waals surface area contributed by atoms with Crippen LogP contribution in [0.2, 0.25) is 0 Å². The summed E-state index contributed by atoms with van der Waals surface area (Å²) in [6, 6.07) is 3.95. The van der Waals surface area contributed by atoms with Crippen molar-refractivity contribution in [1.82, 2.24) is 20.9 Å². The van der Waals surface area contributed by atoms with Crippen LogP contribution in [0.15, 0.2) is 30.5 Å². The Hall–Kier alpha value is -3.58. The number of fused-ring (bicyclic) bond motifs is 1. The molecule has 0 aliphatic rings. The number of hydrogen-bond donors (Lipinski definition) is 7. The SMILES string of the molecule is CSCCC(NC(=O)C(CCC(N)=O)NC(=O)CN)C(=O)NC(Cc1c[nH]c2ccccc12)C(=O)O. The number of hydrogen-bond acceptors (Lipinski definition) is 7. The van der Waals surface area contributed by atoms with Crippen molar-refractivity contribution in [3.05, 3.63) is 36.0 Å². The average Bonchev–Trinajstić information content (AvgIpc) is 3.25. The maximum atomic E-state index is 13.1. The van der Waals surface area contributed by atoms with Gasteiger partial charge in [0.05, 0.1) is 6.54 Å². The number of carboxylic acid groups (broad SMARTS) is 1. The summed E-state index contributed by atoms with van der Waals surface area (Å²) < 4.78 is 0. The highest BCUT2D eigenvalue weighted by atomic mass is 32.2. The van der Waals surface area contributed by atoms with Crippen molar-refractivity contribution in [2.24, 2.45) is 11.5 Å². The first kappa shape index (κ1) is 28.7. The van der Waals surface area contributed by atoms with Gasteiger partial charge < -0.3 is 37.5 Å². The summed E-state index contributed by atoms with van der Waals surface area (Å²) in [6.07, 6.45) is 3.51. The fourth-order valence-electron chi connectivity index (χ4n) is 3.58. The van der Waals surface area contributed by atoms with Gasteiger partial charge in [-0.1, -0.05) is 18.2 Å². The molecule has 196 valence electrons. The van der Waals surface area contributed by atoms with E-state index in [0.29, 0.717) is 5.75 Å². The minimum absolute atomic E-state index is 0.0298. The Bertz CT molecular complexity index is 1090. The van der Waals surface area contributed by atoms with Gasteiger partial charge in [-0.2, -0.15) is 11.8 Å². The number of carbonyl (C=O) groups is 5. The number of carbonyl (C=O) groups excluding carboxylic acids is 4. The van der Waals surface area contributed by atoms with Crippen LogP contribution in [0.25, 0.3) is 10.9 Å². The van der Waals surface area contributed by atoms with E-state index in [0.717, 1.165) is 16.5 Å². The number of carboxylic acids is 1. The Morgan fingerprint density at radius 2 is 1.64 bits per heavy atom. The molecule has 0 saturated heterocycles. The first-order valence-electron chi connectivity index (χ1n) is 11.3. The maximum Gasteiger partial charge on any atom is 0.326 e. The molecule has 36 heavy (non-hydrogen) atoms. The summed E-state index contributed by atoms with van der Waals surface area (Å²) >= 11 is 1.44. The Morgan fingerprint density at radius 3 is 2.25 bits per heavy atom. The highest BCUT2D eigenvalue weighted by Gasteiger charge is 2.30. The second kappa shape index (κ2) is 14.1. The smallest absolute Gasteiger partial charge is 0.326 e. The minimum atomic E-state index is -1.24. The van der Waals surface area contributed by atoms with Crippen molar-refractivity contribution in [2.75, 3.05) is 18.6 Å². The summed E-state index contributed by atoms with van der Waals surface area (Å²) in [5.41, 5.74) is 12.0. The van der Waals surface area contributed by atoms with Gasteiger partial charge in [-0.25, -0.2) is 4.79 Å². The number of nitrogens with one attached hydrogen (secondary N) is 4. The number of rotatable bonds is 15. The zero-order valence-corrected chi connectivity index (χ0v) is 20.7. The summed E-state index contributed by atoms with van der Waals surface area (Å²) in [5, 5.41) is 18.1. The number of amides is 4. The van der Waals surface area contributed by atoms with Crippen molar-refractivity contribution < 1.29 is 29.1 Å². The number of nitrogens with two attached hydrogens (primary N) is 2. The van der Waals surface area contributed by atoms with Crippen molar-refractivity contribution in [1.29, 1.82) is 0 Å². The molecule has 0 aliphatic carbocycles. The first-order chi connectivity index (χ1) is 17.2. The number of benzene rings is 1. The molecule has 0 aliphatic heterocycles. The van der Waals surface area contributed by atoms with E-state index >= 15 is 0 Å². The number of para-hydroxylation sites is 1. The topological polar surface area (TPSA) is 209 Å². The molecule has 4 amide bonds. The van der Waals surface area contributed by atoms with E-state index in [2.05, 4.69) is 20.9 Å². The molecule has 1 aromatic heterocycles. The van der Waals surface area contributed by atoms with Gasteiger partial charge in [-0.15, -0.1) is 0 Å². The average molecular weight is 521 g/mol. The third kappa shape index (κ3) is 8.57. The number of aliphatic carboxylic acids is 1. The zero-order valence-electron chi connectivity index (χ0n) is 19.9.